The zero-order valence-electron chi connectivity index (χ0n) is 14.9. The minimum absolute atomic E-state index is 0.0307. The van der Waals surface area contributed by atoms with E-state index >= 15 is 0 Å². The Morgan fingerprint density at radius 3 is 1.54 bits per heavy atom. The number of hydrogen-bond donors (Lipinski definition) is 1. The number of benzene rings is 3. The van der Waals surface area contributed by atoms with E-state index in [0.29, 0.717) is 0 Å². The third kappa shape index (κ3) is 3.53. The van der Waals surface area contributed by atoms with Gasteiger partial charge in [0.05, 0.1) is 4.90 Å². The predicted octanol–water partition coefficient (Wildman–Crippen LogP) is 4.84. The SMILES string of the molecule is Cc1cc(C)cc(-c2c(F)c(F)c(F)c(F)c2-c2ccc(S(N)(=O)=O)cc2)c1. The summed E-state index contributed by atoms with van der Waals surface area (Å²) >= 11 is 0. The summed E-state index contributed by atoms with van der Waals surface area (Å²) in [5, 5.41) is 5.03. The Bertz CT molecular complexity index is 1170. The standard InChI is InChI=1S/C20H15F4NO2S/c1-10-7-11(2)9-13(8-10)16-15(17(21)19(23)20(24)18(16)22)12-3-5-14(6-4-12)28(25,26)27/h3-9H,1-2H3,(H2,25,26,27). The first kappa shape index (κ1) is 20.0. The average molecular weight is 409 g/mol. The summed E-state index contributed by atoms with van der Waals surface area (Å²) in [4.78, 5) is -0.257. The van der Waals surface area contributed by atoms with Crippen LogP contribution in [0.15, 0.2) is 47.4 Å². The van der Waals surface area contributed by atoms with E-state index in [4.69, 9.17) is 5.14 Å². The molecule has 0 aliphatic carbocycles. The van der Waals surface area contributed by atoms with E-state index in [2.05, 4.69) is 0 Å². The van der Waals surface area contributed by atoms with Gasteiger partial charge >= 0.3 is 0 Å². The smallest absolute Gasteiger partial charge is 0.225 e. The number of sulfonamides is 1. The zero-order valence-corrected chi connectivity index (χ0v) is 15.7. The molecule has 0 saturated carbocycles. The van der Waals surface area contributed by atoms with Gasteiger partial charge in [0.2, 0.25) is 10.0 Å². The van der Waals surface area contributed by atoms with Gasteiger partial charge in [0.1, 0.15) is 0 Å². The molecule has 3 nitrogen and oxygen atoms in total. The van der Waals surface area contributed by atoms with Gasteiger partial charge in [-0.1, -0.05) is 41.5 Å². The van der Waals surface area contributed by atoms with Crippen LogP contribution in [0.2, 0.25) is 0 Å². The van der Waals surface area contributed by atoms with Crippen molar-refractivity contribution in [3.63, 3.8) is 0 Å². The Kier molecular flexibility index (Phi) is 5.03. The zero-order chi connectivity index (χ0) is 20.8. The first-order valence-corrected chi connectivity index (χ1v) is 9.63. The molecular formula is C20H15F4NO2S. The highest BCUT2D eigenvalue weighted by Gasteiger charge is 2.27. The van der Waals surface area contributed by atoms with Crippen molar-refractivity contribution >= 4 is 10.0 Å². The van der Waals surface area contributed by atoms with Gasteiger partial charge in [-0.25, -0.2) is 31.1 Å². The minimum atomic E-state index is -4.01. The summed E-state index contributed by atoms with van der Waals surface area (Å²) in [6, 6.07) is 9.29. The van der Waals surface area contributed by atoms with Crippen molar-refractivity contribution in [1.82, 2.24) is 0 Å². The minimum Gasteiger partial charge on any atom is -0.225 e. The average Bonchev–Trinajstić information content (AvgIpc) is 2.61. The van der Waals surface area contributed by atoms with Crippen LogP contribution in [0.25, 0.3) is 22.3 Å². The molecule has 0 unspecified atom stereocenters. The van der Waals surface area contributed by atoms with Crippen molar-refractivity contribution in [3.05, 3.63) is 76.9 Å². The molecule has 0 atom stereocenters. The molecule has 2 N–H and O–H groups in total. The summed E-state index contributed by atoms with van der Waals surface area (Å²) in [7, 11) is -4.01. The molecule has 0 spiro atoms. The lowest BCUT2D eigenvalue weighted by Gasteiger charge is -2.16. The van der Waals surface area contributed by atoms with Crippen LogP contribution in [0.5, 0.6) is 0 Å². The van der Waals surface area contributed by atoms with Crippen molar-refractivity contribution < 1.29 is 26.0 Å². The van der Waals surface area contributed by atoms with Crippen LogP contribution >= 0.6 is 0 Å². The lowest BCUT2D eigenvalue weighted by atomic mass is 9.91. The van der Waals surface area contributed by atoms with E-state index in [9.17, 15) is 26.0 Å². The highest BCUT2D eigenvalue weighted by molar-refractivity contribution is 7.89. The largest absolute Gasteiger partial charge is 0.238 e. The van der Waals surface area contributed by atoms with Crippen molar-refractivity contribution in [1.29, 1.82) is 0 Å². The van der Waals surface area contributed by atoms with Crippen LogP contribution in [0.1, 0.15) is 11.1 Å². The van der Waals surface area contributed by atoms with Gasteiger partial charge < -0.3 is 0 Å². The summed E-state index contributed by atoms with van der Waals surface area (Å²) in [5.41, 5.74) is 0.606. The molecule has 0 radical (unpaired) electrons. The Morgan fingerprint density at radius 2 is 1.11 bits per heavy atom. The normalized spacial score (nSPS) is 11.7. The van der Waals surface area contributed by atoms with Gasteiger partial charge in [-0.3, -0.25) is 0 Å². The lowest BCUT2D eigenvalue weighted by Crippen LogP contribution is -2.11. The second-order valence-electron chi connectivity index (χ2n) is 6.45. The maximum atomic E-state index is 14.7. The number of hydrogen-bond acceptors (Lipinski definition) is 2. The van der Waals surface area contributed by atoms with Crippen LogP contribution in [0.3, 0.4) is 0 Å². The molecule has 3 aromatic carbocycles. The number of halogens is 4. The topological polar surface area (TPSA) is 60.2 Å². The summed E-state index contributed by atoms with van der Waals surface area (Å²) < 4.78 is 80.1. The molecule has 8 heteroatoms. The van der Waals surface area contributed by atoms with Crippen molar-refractivity contribution in [3.8, 4) is 22.3 Å². The summed E-state index contributed by atoms with van der Waals surface area (Å²) in [6.07, 6.45) is 0. The second kappa shape index (κ2) is 7.03. The predicted molar refractivity (Wildman–Crippen MR) is 98.0 cm³/mol. The van der Waals surface area contributed by atoms with Crippen molar-refractivity contribution in [2.45, 2.75) is 18.7 Å². The Hall–Kier alpha value is -2.71. The highest BCUT2D eigenvalue weighted by atomic mass is 32.2. The van der Waals surface area contributed by atoms with Gasteiger partial charge in [0.25, 0.3) is 0 Å². The van der Waals surface area contributed by atoms with Crippen molar-refractivity contribution in [2.75, 3.05) is 0 Å². The molecule has 28 heavy (non-hydrogen) atoms. The Labute approximate surface area is 159 Å². The summed E-state index contributed by atoms with van der Waals surface area (Å²) in [5.74, 6) is -6.97. The summed E-state index contributed by atoms with van der Waals surface area (Å²) in [6.45, 7) is 3.45. The fourth-order valence-electron chi connectivity index (χ4n) is 3.10. The first-order chi connectivity index (χ1) is 13.0. The quantitative estimate of drug-likeness (QED) is 0.382. The molecule has 0 aliphatic heterocycles. The van der Waals surface area contributed by atoms with Crippen molar-refractivity contribution in [2.24, 2.45) is 5.14 Å². The molecule has 0 aromatic heterocycles. The van der Waals surface area contributed by atoms with E-state index in [1.807, 2.05) is 0 Å². The molecule has 3 aromatic rings. The van der Waals surface area contributed by atoms with Crippen LogP contribution in [0, 0.1) is 37.1 Å². The molecule has 0 amide bonds. The molecule has 0 aliphatic rings. The number of nitrogens with two attached hydrogens (primary N) is 1. The number of aryl methyl sites for hydroxylation is 2. The van der Waals surface area contributed by atoms with E-state index in [1.54, 1.807) is 19.9 Å². The van der Waals surface area contributed by atoms with Crippen LogP contribution < -0.4 is 5.14 Å². The number of primary sulfonamides is 1. The van der Waals surface area contributed by atoms with E-state index < -0.39 is 44.4 Å². The van der Waals surface area contributed by atoms with E-state index in [-0.39, 0.29) is 16.0 Å². The molecular weight excluding hydrogens is 394 g/mol. The first-order valence-electron chi connectivity index (χ1n) is 8.08. The lowest BCUT2D eigenvalue weighted by molar-refractivity contribution is 0.412. The fourth-order valence-corrected chi connectivity index (χ4v) is 3.62. The third-order valence-corrected chi connectivity index (χ3v) is 5.18. The van der Waals surface area contributed by atoms with Crippen LogP contribution in [-0.2, 0) is 10.0 Å². The molecule has 0 bridgehead atoms. The maximum absolute atomic E-state index is 14.7. The molecule has 0 fully saturated rings. The van der Waals surface area contributed by atoms with Gasteiger partial charge in [-0.2, -0.15) is 0 Å². The Morgan fingerprint density at radius 1 is 0.679 bits per heavy atom. The monoisotopic (exact) mass is 409 g/mol. The molecule has 0 heterocycles. The van der Waals surface area contributed by atoms with Gasteiger partial charge in [0, 0.05) is 11.1 Å². The molecule has 146 valence electrons. The molecule has 3 rings (SSSR count). The highest BCUT2D eigenvalue weighted by Crippen LogP contribution is 2.40. The second-order valence-corrected chi connectivity index (χ2v) is 8.01. The third-order valence-electron chi connectivity index (χ3n) is 4.25. The molecule has 0 saturated heterocycles. The number of rotatable bonds is 3. The van der Waals surface area contributed by atoms with Gasteiger partial charge in [-0.15, -0.1) is 0 Å². The van der Waals surface area contributed by atoms with Gasteiger partial charge in [-0.05, 0) is 37.1 Å². The van der Waals surface area contributed by atoms with E-state index in [1.165, 1.54) is 12.1 Å². The van der Waals surface area contributed by atoms with Gasteiger partial charge in [0.15, 0.2) is 23.3 Å². The van der Waals surface area contributed by atoms with Crippen LogP contribution in [0.4, 0.5) is 17.6 Å². The maximum Gasteiger partial charge on any atom is 0.238 e. The van der Waals surface area contributed by atoms with E-state index in [0.717, 1.165) is 35.4 Å². The van der Waals surface area contributed by atoms with Crippen LogP contribution in [-0.4, -0.2) is 8.42 Å². The Balaban J connectivity index is 2.37. The fraction of sp³-hybridized carbons (Fsp3) is 0.100.